The molecule has 0 aromatic heterocycles. The quantitative estimate of drug-likeness (QED) is 0.524. The van der Waals surface area contributed by atoms with Gasteiger partial charge in [-0.15, -0.1) is 0 Å². The second-order valence-corrected chi connectivity index (χ2v) is 8.38. The van der Waals surface area contributed by atoms with Gasteiger partial charge < -0.3 is 5.48 Å². The van der Waals surface area contributed by atoms with E-state index in [1.807, 2.05) is 6.92 Å². The molecule has 5 atom stereocenters. The lowest BCUT2D eigenvalue weighted by molar-refractivity contribution is 0.0402. The Hall–Kier alpha value is -0.440. The van der Waals surface area contributed by atoms with E-state index in [0.717, 1.165) is 43.4 Å². The third kappa shape index (κ3) is 4.59. The van der Waals surface area contributed by atoms with Crippen LogP contribution in [0.5, 0.6) is 0 Å². The van der Waals surface area contributed by atoms with Crippen molar-refractivity contribution in [2.24, 2.45) is 29.6 Å². The number of rotatable bonds is 2. The zero-order chi connectivity index (χ0) is 15.7. The number of hydrogen-bond acceptors (Lipinski definition) is 0. The van der Waals surface area contributed by atoms with Crippen molar-refractivity contribution in [1.82, 2.24) is 0 Å². The maximum Gasteiger partial charge on any atom is 0.138 e. The average Bonchev–Trinajstić information content (AvgIpc) is 2.54. The second kappa shape index (κ2) is 9.31. The van der Waals surface area contributed by atoms with E-state index in [2.05, 4.69) is 13.0 Å². The van der Waals surface area contributed by atoms with Crippen molar-refractivity contribution in [3.63, 3.8) is 0 Å². The molecule has 0 radical (unpaired) electrons. The van der Waals surface area contributed by atoms with Gasteiger partial charge in [0.1, 0.15) is 12.3 Å². The van der Waals surface area contributed by atoms with Gasteiger partial charge in [0, 0.05) is 7.34 Å². The van der Waals surface area contributed by atoms with Crippen LogP contribution in [0.15, 0.2) is 11.6 Å². The van der Waals surface area contributed by atoms with E-state index >= 15 is 0 Å². The Balaban J connectivity index is 0.00000192. The van der Waals surface area contributed by atoms with Gasteiger partial charge >= 0.3 is 0 Å². The molecule has 3 aliphatic rings. The maximum absolute atomic E-state index is 14.4. The zero-order valence-electron chi connectivity index (χ0n) is 14.7. The summed E-state index contributed by atoms with van der Waals surface area (Å²) >= 11 is 0. The fourth-order valence-electron chi connectivity index (χ4n) is 5.08. The van der Waals surface area contributed by atoms with Crippen LogP contribution in [-0.2, 0) is 0 Å². The third-order valence-corrected chi connectivity index (χ3v) is 6.86. The van der Waals surface area contributed by atoms with E-state index in [9.17, 15) is 8.78 Å². The minimum Gasteiger partial charge on any atom is -0.412 e. The van der Waals surface area contributed by atoms with Gasteiger partial charge in [-0.3, -0.25) is 0 Å². The van der Waals surface area contributed by atoms with Crippen LogP contribution in [0.4, 0.5) is 8.78 Å². The smallest absolute Gasteiger partial charge is 0.138 e. The average molecular weight is 347 g/mol. The Morgan fingerprint density at radius 2 is 1.54 bits per heavy atom. The van der Waals surface area contributed by atoms with Crippen LogP contribution in [0.25, 0.3) is 0 Å². The molecule has 2 N–H and O–H groups in total. The molecule has 3 rings (SSSR count). The summed E-state index contributed by atoms with van der Waals surface area (Å²) in [5.41, 5.74) is 1.24. The summed E-state index contributed by atoms with van der Waals surface area (Å²) in [4.78, 5) is 0. The largest absolute Gasteiger partial charge is 0.412 e. The summed E-state index contributed by atoms with van der Waals surface area (Å²) < 4.78 is 28.3. The monoisotopic (exact) mass is 346 g/mol. The topological polar surface area (TPSA) is 31.5 Å². The summed E-state index contributed by atoms with van der Waals surface area (Å²) in [5.74, 6) is 2.36. The lowest BCUT2D eigenvalue weighted by atomic mass is 9.68. The minimum absolute atomic E-state index is 0. The van der Waals surface area contributed by atoms with E-state index in [1.165, 1.54) is 37.7 Å². The van der Waals surface area contributed by atoms with Crippen LogP contribution in [-0.4, -0.2) is 17.8 Å². The highest BCUT2D eigenvalue weighted by atomic mass is 19.2. The highest BCUT2D eigenvalue weighted by molar-refractivity contribution is 5.15. The first-order chi connectivity index (χ1) is 10.6. The van der Waals surface area contributed by atoms with Crippen molar-refractivity contribution in [2.45, 2.75) is 91.4 Å². The molecule has 0 heterocycles. The summed E-state index contributed by atoms with van der Waals surface area (Å²) in [7, 11) is 0. The Morgan fingerprint density at radius 3 is 2.12 bits per heavy atom. The molecule has 2 fully saturated rings. The lowest BCUT2D eigenvalue weighted by Gasteiger charge is -2.38. The maximum atomic E-state index is 14.4. The van der Waals surface area contributed by atoms with E-state index < -0.39 is 12.3 Å². The van der Waals surface area contributed by atoms with Crippen LogP contribution in [0, 0.1) is 29.6 Å². The van der Waals surface area contributed by atoms with E-state index in [4.69, 9.17) is 0 Å². The molecule has 3 heteroatoms. The van der Waals surface area contributed by atoms with Crippen molar-refractivity contribution < 1.29 is 15.7 Å². The SMILES string of the molecule is C.CC1CCC(C2CC=C(C3CCC(C)C(F)C3F)CC2)CC1.O.[HH]. The molecule has 0 bridgehead atoms. The number of alkyl halides is 2. The van der Waals surface area contributed by atoms with Gasteiger partial charge in [0.25, 0.3) is 0 Å². The van der Waals surface area contributed by atoms with Gasteiger partial charge in [0.05, 0.1) is 0 Å². The van der Waals surface area contributed by atoms with Gasteiger partial charge in [0.15, 0.2) is 0 Å². The molecule has 0 aromatic carbocycles. The molecule has 3 aliphatic carbocycles. The summed E-state index contributed by atoms with van der Waals surface area (Å²) in [6.45, 7) is 4.22. The Morgan fingerprint density at radius 1 is 0.875 bits per heavy atom. The summed E-state index contributed by atoms with van der Waals surface area (Å²) in [5, 5.41) is 0. The predicted octanol–water partition coefficient (Wildman–Crippen LogP) is 6.32. The van der Waals surface area contributed by atoms with Crippen LogP contribution in [0.3, 0.4) is 0 Å². The Kier molecular flexibility index (Phi) is 8.38. The number of hydrogen-bond donors (Lipinski definition) is 0. The van der Waals surface area contributed by atoms with Crippen molar-refractivity contribution in [3.8, 4) is 0 Å². The third-order valence-electron chi connectivity index (χ3n) is 6.86. The number of halogens is 2. The first-order valence-electron chi connectivity index (χ1n) is 9.53. The van der Waals surface area contributed by atoms with Gasteiger partial charge in [-0.1, -0.05) is 45.8 Å². The fourth-order valence-corrected chi connectivity index (χ4v) is 5.08. The highest BCUT2D eigenvalue weighted by Gasteiger charge is 2.40. The van der Waals surface area contributed by atoms with E-state index in [0.29, 0.717) is 0 Å². The van der Waals surface area contributed by atoms with Gasteiger partial charge in [0.2, 0.25) is 0 Å². The highest BCUT2D eigenvalue weighted by Crippen LogP contribution is 2.44. The number of allylic oxidation sites excluding steroid dienone is 2. The molecule has 0 amide bonds. The second-order valence-electron chi connectivity index (χ2n) is 8.38. The Bertz CT molecular complexity index is 407. The lowest BCUT2D eigenvalue weighted by Crippen LogP contribution is -2.38. The summed E-state index contributed by atoms with van der Waals surface area (Å²) in [6.07, 6.45) is 10.3. The van der Waals surface area contributed by atoms with Gasteiger partial charge in [-0.05, 0) is 68.6 Å². The predicted molar refractivity (Wildman–Crippen MR) is 101 cm³/mol. The van der Waals surface area contributed by atoms with Crippen molar-refractivity contribution in [3.05, 3.63) is 11.6 Å². The molecule has 2 saturated carbocycles. The molecule has 0 spiro atoms. The van der Waals surface area contributed by atoms with Gasteiger partial charge in [-0.25, -0.2) is 8.78 Å². The minimum atomic E-state index is -1.26. The summed E-state index contributed by atoms with van der Waals surface area (Å²) in [6, 6.07) is 0. The van der Waals surface area contributed by atoms with Crippen molar-refractivity contribution in [1.29, 1.82) is 0 Å². The molecule has 0 aliphatic heterocycles. The molecule has 1 nitrogen and oxygen atoms in total. The van der Waals surface area contributed by atoms with Gasteiger partial charge in [-0.2, -0.15) is 0 Å². The van der Waals surface area contributed by atoms with Crippen LogP contribution < -0.4 is 0 Å². The van der Waals surface area contributed by atoms with Crippen LogP contribution >= 0.6 is 0 Å². The molecule has 0 aromatic rings. The van der Waals surface area contributed by atoms with Crippen molar-refractivity contribution >= 4 is 0 Å². The molecule has 5 unspecified atom stereocenters. The Labute approximate surface area is 149 Å². The first kappa shape index (κ1) is 21.6. The molecular formula is C21H40F2O. The first-order valence-corrected chi connectivity index (χ1v) is 9.53. The van der Waals surface area contributed by atoms with Crippen molar-refractivity contribution in [2.75, 3.05) is 0 Å². The molecule has 24 heavy (non-hydrogen) atoms. The molecule has 144 valence electrons. The van der Waals surface area contributed by atoms with E-state index in [1.54, 1.807) is 0 Å². The van der Waals surface area contributed by atoms with Crippen LogP contribution in [0.1, 0.15) is 80.5 Å². The molecular weight excluding hydrogens is 306 g/mol. The standard InChI is InChI=1S/C20H32F2.CH4.H2O.H2/c1-13-3-6-15(7-4-13)16-8-10-17(11-9-16)18-12-5-14(2)19(21)20(18)22;;;/h10,13-16,18-20H,3-9,11-12H2,1-2H3;1H4;1H2;1H. The van der Waals surface area contributed by atoms with E-state index in [-0.39, 0.29) is 26.2 Å². The van der Waals surface area contributed by atoms with Crippen LogP contribution in [0.2, 0.25) is 0 Å². The zero-order valence-corrected chi connectivity index (χ0v) is 14.7. The molecule has 0 saturated heterocycles. The fraction of sp³-hybridized carbons (Fsp3) is 0.905. The normalized spacial score (nSPS) is 43.2.